The minimum Gasteiger partial charge on any atom is -0.496 e. The zero-order chi connectivity index (χ0) is 21.2. The summed E-state index contributed by atoms with van der Waals surface area (Å²) in [6.07, 6.45) is 0.285. The van der Waals surface area contributed by atoms with Crippen molar-refractivity contribution >= 4 is 23.7 Å². The predicted octanol–water partition coefficient (Wildman–Crippen LogP) is 4.51. The summed E-state index contributed by atoms with van der Waals surface area (Å²) in [6, 6.07) is 9.40. The minimum absolute atomic E-state index is 0.0520. The third-order valence-electron chi connectivity index (χ3n) is 4.83. The van der Waals surface area contributed by atoms with Gasteiger partial charge in [0, 0.05) is 0 Å². The van der Waals surface area contributed by atoms with Gasteiger partial charge in [-0.1, -0.05) is 36.9 Å². The first kappa shape index (κ1) is 21.0. The molecule has 0 saturated carbocycles. The molecule has 1 heterocycles. The quantitative estimate of drug-likeness (QED) is 0.525. The summed E-state index contributed by atoms with van der Waals surface area (Å²) < 4.78 is 43.7. The molecule has 3 amide bonds. The fourth-order valence-corrected chi connectivity index (χ4v) is 3.93. The Labute approximate surface area is 170 Å². The van der Waals surface area contributed by atoms with E-state index in [-0.39, 0.29) is 23.6 Å². The summed E-state index contributed by atoms with van der Waals surface area (Å²) in [7, 11) is 1.36. The topological polar surface area (TPSA) is 58.6 Å². The third kappa shape index (κ3) is 4.05. The fourth-order valence-electron chi connectivity index (χ4n) is 3.33. The lowest BCUT2D eigenvalue weighted by Crippen LogP contribution is -2.43. The van der Waals surface area contributed by atoms with Crippen molar-refractivity contribution in [1.29, 1.82) is 0 Å². The molecule has 1 aliphatic heterocycles. The maximum Gasteiger partial charge on any atom is 0.325 e. The largest absolute Gasteiger partial charge is 0.496 e. The summed E-state index contributed by atoms with van der Waals surface area (Å²) in [6.45, 7) is 1.70. The van der Waals surface area contributed by atoms with E-state index in [4.69, 9.17) is 4.74 Å². The lowest BCUT2D eigenvalue weighted by Gasteiger charge is -2.25. The van der Waals surface area contributed by atoms with Crippen LogP contribution in [0.1, 0.15) is 24.5 Å². The number of carbonyl (C=O) groups excluding carboxylic acids is 2. The molecule has 0 bridgehead atoms. The van der Waals surface area contributed by atoms with Gasteiger partial charge in [0.15, 0.2) is 0 Å². The van der Waals surface area contributed by atoms with Crippen LogP contribution >= 0.6 is 11.8 Å². The van der Waals surface area contributed by atoms with Gasteiger partial charge in [0.05, 0.1) is 18.6 Å². The van der Waals surface area contributed by atoms with Crippen molar-refractivity contribution in [3.63, 3.8) is 0 Å². The van der Waals surface area contributed by atoms with Gasteiger partial charge < -0.3 is 10.1 Å². The van der Waals surface area contributed by atoms with Crippen LogP contribution in [0.3, 0.4) is 0 Å². The number of halogens is 3. The smallest absolute Gasteiger partial charge is 0.325 e. The van der Waals surface area contributed by atoms with Crippen LogP contribution in [0, 0.1) is 5.82 Å². The van der Waals surface area contributed by atoms with E-state index in [2.05, 4.69) is 5.32 Å². The number of alkyl halides is 2. The maximum atomic E-state index is 13.3. The molecule has 5 nitrogen and oxygen atoms in total. The molecule has 0 aromatic heterocycles. The van der Waals surface area contributed by atoms with E-state index in [1.807, 2.05) is 0 Å². The highest BCUT2D eigenvalue weighted by Crippen LogP contribution is 2.36. The summed E-state index contributed by atoms with van der Waals surface area (Å²) in [4.78, 5) is 27.0. The van der Waals surface area contributed by atoms with Crippen molar-refractivity contribution in [3.8, 4) is 5.75 Å². The van der Waals surface area contributed by atoms with Crippen LogP contribution < -0.4 is 10.1 Å². The minimum atomic E-state index is -2.60. The van der Waals surface area contributed by atoms with E-state index in [1.54, 1.807) is 13.0 Å². The van der Waals surface area contributed by atoms with Crippen LogP contribution in [0.25, 0.3) is 0 Å². The number of urea groups is 1. The Balaban J connectivity index is 1.87. The molecule has 0 spiro atoms. The summed E-state index contributed by atoms with van der Waals surface area (Å²) in [5.74, 6) is -3.26. The van der Waals surface area contributed by atoms with Gasteiger partial charge in [-0.3, -0.25) is 9.69 Å². The van der Waals surface area contributed by atoms with E-state index in [0.717, 1.165) is 4.90 Å². The molecule has 1 unspecified atom stereocenters. The molecule has 1 saturated heterocycles. The number of amides is 3. The van der Waals surface area contributed by atoms with Crippen molar-refractivity contribution in [2.75, 3.05) is 7.11 Å². The highest BCUT2D eigenvalue weighted by molar-refractivity contribution is 7.99. The SMILES string of the molecule is CCC1(c2ccc(F)cc2)NC(=O)N(Cc2ccc(SC(F)F)c(OC)c2)C1=O. The van der Waals surface area contributed by atoms with Gasteiger partial charge in [0.1, 0.15) is 17.1 Å². The third-order valence-corrected chi connectivity index (χ3v) is 5.60. The van der Waals surface area contributed by atoms with E-state index < -0.39 is 29.1 Å². The number of ether oxygens (including phenoxy) is 1. The van der Waals surface area contributed by atoms with Crippen LogP contribution in [-0.4, -0.2) is 29.7 Å². The molecule has 1 aliphatic rings. The van der Waals surface area contributed by atoms with Crippen molar-refractivity contribution in [2.45, 2.75) is 36.1 Å². The first-order valence-corrected chi connectivity index (χ1v) is 9.70. The molecule has 1 N–H and O–H groups in total. The normalized spacial score (nSPS) is 19.0. The molecular weight excluding hydrogens is 405 g/mol. The first-order chi connectivity index (χ1) is 13.8. The second-order valence-corrected chi connectivity index (χ2v) is 7.48. The number of hydrogen-bond acceptors (Lipinski definition) is 4. The van der Waals surface area contributed by atoms with Gasteiger partial charge in [0.25, 0.3) is 11.7 Å². The van der Waals surface area contributed by atoms with Crippen LogP contribution in [0.5, 0.6) is 5.75 Å². The number of carbonyl (C=O) groups is 2. The molecule has 0 radical (unpaired) electrons. The molecule has 154 valence electrons. The molecule has 29 heavy (non-hydrogen) atoms. The Bertz CT molecular complexity index is 924. The van der Waals surface area contributed by atoms with Crippen LogP contribution in [0.15, 0.2) is 47.4 Å². The molecule has 9 heteroatoms. The standard InChI is InChI=1S/C20H19F3N2O3S/c1-3-20(13-5-7-14(21)8-6-13)17(26)25(19(27)24-20)11-12-4-9-16(29-18(22)23)15(10-12)28-2/h4-10,18H,3,11H2,1-2H3,(H,24,27). The Morgan fingerprint density at radius 3 is 2.45 bits per heavy atom. The first-order valence-electron chi connectivity index (χ1n) is 8.82. The van der Waals surface area contributed by atoms with Crippen LogP contribution in [0.2, 0.25) is 0 Å². The molecule has 0 aliphatic carbocycles. The zero-order valence-corrected chi connectivity index (χ0v) is 16.6. The second-order valence-electron chi connectivity index (χ2n) is 6.45. The number of rotatable bonds is 7. The number of thioether (sulfide) groups is 1. The van der Waals surface area contributed by atoms with Gasteiger partial charge in [-0.15, -0.1) is 0 Å². The number of hydrogen-bond donors (Lipinski definition) is 1. The molecule has 2 aromatic carbocycles. The molecule has 2 aromatic rings. The summed E-state index contributed by atoms with van der Waals surface area (Å²) in [5, 5.41) is 2.72. The van der Waals surface area contributed by atoms with Crippen LogP contribution in [0.4, 0.5) is 18.0 Å². The van der Waals surface area contributed by atoms with Gasteiger partial charge in [0.2, 0.25) is 0 Å². The van der Waals surface area contributed by atoms with Gasteiger partial charge in [-0.2, -0.15) is 8.78 Å². The number of nitrogens with zero attached hydrogens (tertiary/aromatic N) is 1. The lowest BCUT2D eigenvalue weighted by molar-refractivity contribution is -0.132. The van der Waals surface area contributed by atoms with E-state index >= 15 is 0 Å². The lowest BCUT2D eigenvalue weighted by atomic mass is 9.87. The zero-order valence-electron chi connectivity index (χ0n) is 15.7. The highest BCUT2D eigenvalue weighted by Gasteiger charge is 2.51. The summed E-state index contributed by atoms with van der Waals surface area (Å²) >= 11 is 0.355. The van der Waals surface area contributed by atoms with Gasteiger partial charge >= 0.3 is 6.03 Å². The average Bonchev–Trinajstić information content (AvgIpc) is 2.94. The fraction of sp³-hybridized carbons (Fsp3) is 0.300. The Morgan fingerprint density at radius 2 is 1.86 bits per heavy atom. The summed E-state index contributed by atoms with van der Waals surface area (Å²) in [5.41, 5.74) is -0.237. The Hall–Kier alpha value is -2.68. The van der Waals surface area contributed by atoms with Gasteiger partial charge in [-0.05, 0) is 41.8 Å². The number of methoxy groups -OCH3 is 1. The average molecular weight is 424 g/mol. The van der Waals surface area contributed by atoms with E-state index in [0.29, 0.717) is 22.9 Å². The predicted molar refractivity (Wildman–Crippen MR) is 102 cm³/mol. The number of nitrogens with one attached hydrogen (secondary N) is 1. The van der Waals surface area contributed by atoms with E-state index in [1.165, 1.54) is 43.5 Å². The Kier molecular flexibility index (Phi) is 6.07. The molecular formula is C20H19F3N2O3S. The van der Waals surface area contributed by atoms with Crippen molar-refractivity contribution in [1.82, 2.24) is 10.2 Å². The van der Waals surface area contributed by atoms with Gasteiger partial charge in [-0.25, -0.2) is 9.18 Å². The molecule has 1 atom stereocenters. The van der Waals surface area contributed by atoms with Crippen molar-refractivity contribution in [3.05, 3.63) is 59.4 Å². The number of imide groups is 1. The maximum absolute atomic E-state index is 13.3. The van der Waals surface area contributed by atoms with Crippen LogP contribution in [-0.2, 0) is 16.9 Å². The van der Waals surface area contributed by atoms with E-state index in [9.17, 15) is 22.8 Å². The molecule has 1 fully saturated rings. The number of benzene rings is 2. The highest BCUT2D eigenvalue weighted by atomic mass is 32.2. The van der Waals surface area contributed by atoms with Crippen molar-refractivity contribution < 1.29 is 27.5 Å². The second kappa shape index (κ2) is 8.36. The Morgan fingerprint density at radius 1 is 1.17 bits per heavy atom. The van der Waals surface area contributed by atoms with Crippen molar-refractivity contribution in [2.24, 2.45) is 0 Å². The molecule has 3 rings (SSSR count). The monoisotopic (exact) mass is 424 g/mol.